The fourth-order valence-electron chi connectivity index (χ4n) is 2.81. The number of halogens is 1. The van der Waals surface area contributed by atoms with Gasteiger partial charge in [0, 0.05) is 25.7 Å². The van der Waals surface area contributed by atoms with E-state index < -0.39 is 10.0 Å². The summed E-state index contributed by atoms with van der Waals surface area (Å²) in [6, 6.07) is 9.97. The molecule has 0 fully saturated rings. The van der Waals surface area contributed by atoms with Gasteiger partial charge in [-0.2, -0.15) is 8.42 Å². The Hall–Kier alpha value is -2.84. The highest BCUT2D eigenvalue weighted by Crippen LogP contribution is 2.23. The summed E-state index contributed by atoms with van der Waals surface area (Å²) >= 11 is 5.98. The average molecular weight is 464 g/mol. The first kappa shape index (κ1) is 24.4. The molecule has 2 rings (SSSR count). The molecule has 0 radical (unpaired) electrons. The van der Waals surface area contributed by atoms with Crippen molar-refractivity contribution >= 4 is 33.9 Å². The molecular weight excluding hydrogens is 438 g/mol. The molecule has 0 unspecified atom stereocenters. The highest BCUT2D eigenvalue weighted by molar-refractivity contribution is 7.90. The van der Waals surface area contributed by atoms with Crippen molar-refractivity contribution in [1.29, 1.82) is 0 Å². The van der Waals surface area contributed by atoms with Crippen LogP contribution in [-0.4, -0.2) is 53.3 Å². The molecule has 1 amide bonds. The van der Waals surface area contributed by atoms with Crippen molar-refractivity contribution < 1.29 is 17.9 Å². The number of amides is 1. The Bertz CT molecular complexity index is 1080. The van der Waals surface area contributed by atoms with E-state index in [4.69, 9.17) is 16.3 Å². The summed E-state index contributed by atoms with van der Waals surface area (Å²) in [6.07, 6.45) is 3.72. The third kappa shape index (κ3) is 6.83. The van der Waals surface area contributed by atoms with E-state index >= 15 is 0 Å². The van der Waals surface area contributed by atoms with Crippen molar-refractivity contribution in [3.8, 4) is 5.75 Å². The lowest BCUT2D eigenvalue weighted by Crippen LogP contribution is -2.26. The zero-order valence-corrected chi connectivity index (χ0v) is 19.3. The van der Waals surface area contributed by atoms with Gasteiger partial charge in [-0.1, -0.05) is 29.8 Å². The Kier molecular flexibility index (Phi) is 8.65. The van der Waals surface area contributed by atoms with Crippen LogP contribution in [0.4, 0.5) is 0 Å². The van der Waals surface area contributed by atoms with Gasteiger partial charge in [0.1, 0.15) is 12.1 Å². The van der Waals surface area contributed by atoms with Gasteiger partial charge >= 0.3 is 0 Å². The summed E-state index contributed by atoms with van der Waals surface area (Å²) in [7, 11) is 0.995. The maximum Gasteiger partial charge on any atom is 0.283 e. The lowest BCUT2D eigenvalue weighted by molar-refractivity contribution is 0.0951. The molecule has 0 heterocycles. The number of methoxy groups -OCH3 is 1. The van der Waals surface area contributed by atoms with Crippen LogP contribution in [0.15, 0.2) is 58.3 Å². The summed E-state index contributed by atoms with van der Waals surface area (Å²) in [5, 5.41) is 3.24. The summed E-state index contributed by atoms with van der Waals surface area (Å²) in [6.45, 7) is 3.99. The van der Waals surface area contributed by atoms with Crippen LogP contribution >= 0.6 is 11.6 Å². The number of allylic oxidation sites excluding steroid dienone is 1. The van der Waals surface area contributed by atoms with Gasteiger partial charge in [-0.05, 0) is 48.2 Å². The molecule has 2 aromatic carbocycles. The van der Waals surface area contributed by atoms with Crippen molar-refractivity contribution in [2.45, 2.75) is 17.7 Å². The van der Waals surface area contributed by atoms with Crippen LogP contribution in [0.2, 0.25) is 5.02 Å². The van der Waals surface area contributed by atoms with E-state index in [9.17, 15) is 13.2 Å². The molecule has 2 aromatic rings. The van der Waals surface area contributed by atoms with Crippen molar-refractivity contribution in [2.75, 3.05) is 27.7 Å². The first-order valence-corrected chi connectivity index (χ1v) is 11.3. The highest BCUT2D eigenvalue weighted by atomic mass is 35.5. The molecule has 0 saturated carbocycles. The predicted octanol–water partition coefficient (Wildman–Crippen LogP) is 3.33. The summed E-state index contributed by atoms with van der Waals surface area (Å²) < 4.78 is 34.3. The first-order valence-electron chi connectivity index (χ1n) is 9.49. The number of hydrogen-bond acceptors (Lipinski definition) is 4. The Balaban J connectivity index is 2.18. The first-order chi connectivity index (χ1) is 14.7. The second-order valence-corrected chi connectivity index (χ2v) is 8.98. The van der Waals surface area contributed by atoms with Gasteiger partial charge < -0.3 is 15.0 Å². The van der Waals surface area contributed by atoms with Crippen LogP contribution in [0.3, 0.4) is 0 Å². The monoisotopic (exact) mass is 463 g/mol. The Labute approximate surface area is 188 Å². The van der Waals surface area contributed by atoms with Crippen LogP contribution < -0.4 is 10.1 Å². The maximum atomic E-state index is 12.7. The molecule has 9 heteroatoms. The second kappa shape index (κ2) is 11.0. The fraction of sp³-hybridized carbons (Fsp3) is 0.273. The molecule has 0 bridgehead atoms. The standard InChI is InChI=1S/C22H26ClN3O4S/c1-5-6-17-8-7-16(13-21(17)31(28,29)25-15-26(2)3)11-12-24-22(27)19-14-18(23)9-10-20(19)30-4/h5,7-10,13-15H,1,6,11-12H2,2-4H3,(H,24,27). The minimum atomic E-state index is -3.87. The van der Waals surface area contributed by atoms with Gasteiger partial charge in [0.25, 0.3) is 15.9 Å². The van der Waals surface area contributed by atoms with E-state index in [-0.39, 0.29) is 10.8 Å². The van der Waals surface area contributed by atoms with Gasteiger partial charge in [-0.3, -0.25) is 4.79 Å². The Morgan fingerprint density at radius 1 is 1.26 bits per heavy atom. The lowest BCUT2D eigenvalue weighted by Gasteiger charge is -2.12. The number of carbonyl (C=O) groups is 1. The van der Waals surface area contributed by atoms with Crippen LogP contribution in [0.25, 0.3) is 0 Å². The largest absolute Gasteiger partial charge is 0.496 e. The SMILES string of the molecule is C=CCc1ccc(CCNC(=O)c2cc(Cl)ccc2OC)cc1S(=O)(=O)N=CN(C)C. The van der Waals surface area contributed by atoms with Gasteiger partial charge in [-0.15, -0.1) is 11.0 Å². The Morgan fingerprint density at radius 2 is 2.00 bits per heavy atom. The third-order valence-electron chi connectivity index (χ3n) is 4.30. The van der Waals surface area contributed by atoms with E-state index in [0.717, 1.165) is 5.56 Å². The average Bonchev–Trinajstić information content (AvgIpc) is 2.73. The number of benzene rings is 2. The molecule has 0 aliphatic carbocycles. The van der Waals surface area contributed by atoms with E-state index in [1.165, 1.54) is 19.5 Å². The minimum absolute atomic E-state index is 0.130. The van der Waals surface area contributed by atoms with Gasteiger partial charge in [-0.25, -0.2) is 0 Å². The lowest BCUT2D eigenvalue weighted by atomic mass is 10.1. The predicted molar refractivity (Wildman–Crippen MR) is 124 cm³/mol. The maximum absolute atomic E-state index is 12.7. The van der Waals surface area contributed by atoms with Gasteiger partial charge in [0.05, 0.1) is 17.6 Å². The van der Waals surface area contributed by atoms with Gasteiger partial charge in [0.15, 0.2) is 0 Å². The number of rotatable bonds is 10. The fourth-order valence-corrected chi connectivity index (χ4v) is 4.19. The minimum Gasteiger partial charge on any atom is -0.496 e. The Morgan fingerprint density at radius 3 is 2.65 bits per heavy atom. The van der Waals surface area contributed by atoms with E-state index in [2.05, 4.69) is 16.3 Å². The van der Waals surface area contributed by atoms with Crippen LogP contribution in [-0.2, 0) is 22.9 Å². The van der Waals surface area contributed by atoms with Crippen LogP contribution in [0, 0.1) is 0 Å². The van der Waals surface area contributed by atoms with Gasteiger partial charge in [0.2, 0.25) is 0 Å². The molecule has 7 nitrogen and oxygen atoms in total. The second-order valence-electron chi connectivity index (χ2n) is 6.94. The topological polar surface area (TPSA) is 88.1 Å². The quantitative estimate of drug-likeness (QED) is 0.331. The summed E-state index contributed by atoms with van der Waals surface area (Å²) in [5.41, 5.74) is 1.70. The number of ether oxygens (including phenoxy) is 1. The van der Waals surface area contributed by atoms with Crippen molar-refractivity contribution in [3.63, 3.8) is 0 Å². The zero-order chi connectivity index (χ0) is 23.0. The smallest absolute Gasteiger partial charge is 0.283 e. The molecule has 31 heavy (non-hydrogen) atoms. The molecule has 0 aliphatic heterocycles. The van der Waals surface area contributed by atoms with E-state index in [0.29, 0.717) is 41.3 Å². The molecule has 0 atom stereocenters. The molecule has 166 valence electrons. The normalized spacial score (nSPS) is 11.4. The number of carbonyl (C=O) groups excluding carboxylic acids is 1. The van der Waals surface area contributed by atoms with Crippen molar-refractivity contribution in [1.82, 2.24) is 10.2 Å². The number of sulfonamides is 1. The molecule has 0 aromatic heterocycles. The number of nitrogens with one attached hydrogen (secondary N) is 1. The summed E-state index contributed by atoms with van der Waals surface area (Å²) in [5.74, 6) is 0.0915. The number of nitrogens with zero attached hydrogens (tertiary/aromatic N) is 2. The number of hydrogen-bond donors (Lipinski definition) is 1. The third-order valence-corrected chi connectivity index (χ3v) is 5.84. The molecule has 0 spiro atoms. The summed E-state index contributed by atoms with van der Waals surface area (Å²) in [4.78, 5) is 14.2. The molecule has 0 aliphatic rings. The highest BCUT2D eigenvalue weighted by Gasteiger charge is 2.18. The molecule has 1 N–H and O–H groups in total. The van der Waals surface area contributed by atoms with Crippen molar-refractivity contribution in [2.24, 2.45) is 4.40 Å². The molecule has 0 saturated heterocycles. The molecular formula is C22H26ClN3O4S. The van der Waals surface area contributed by atoms with Crippen LogP contribution in [0.1, 0.15) is 21.5 Å². The van der Waals surface area contributed by atoms with Crippen molar-refractivity contribution in [3.05, 3.63) is 70.8 Å². The van der Waals surface area contributed by atoms with E-state index in [1.807, 2.05) is 6.07 Å². The van der Waals surface area contributed by atoms with Crippen LogP contribution in [0.5, 0.6) is 5.75 Å². The zero-order valence-electron chi connectivity index (χ0n) is 17.8. The van der Waals surface area contributed by atoms with E-state index in [1.54, 1.807) is 49.3 Å².